The molecule has 0 bridgehead atoms. The molecule has 2 N–H and O–H groups in total. The molecule has 4 fully saturated rings. The second-order valence-electron chi connectivity index (χ2n) is 15.9. The summed E-state index contributed by atoms with van der Waals surface area (Å²) in [5.74, 6) is 1.33. The predicted octanol–water partition coefficient (Wildman–Crippen LogP) is 6.24. The number of nitrogens with zero attached hydrogens (tertiary/aromatic N) is 7. The zero-order chi connectivity index (χ0) is 39.5. The van der Waals surface area contributed by atoms with E-state index in [0.29, 0.717) is 47.5 Å². The number of ether oxygens (including phenoxy) is 1. The fourth-order valence-corrected chi connectivity index (χ4v) is 9.12. The maximum atomic E-state index is 16.6. The summed E-state index contributed by atoms with van der Waals surface area (Å²) in [5, 5.41) is 24.5. The van der Waals surface area contributed by atoms with Crippen LogP contribution in [0.1, 0.15) is 73.8 Å². The number of imide groups is 1. The van der Waals surface area contributed by atoms with E-state index in [1.165, 1.54) is 0 Å². The molecule has 4 aliphatic rings. The van der Waals surface area contributed by atoms with Gasteiger partial charge >= 0.3 is 6.03 Å². The van der Waals surface area contributed by atoms with Crippen molar-refractivity contribution in [2.24, 2.45) is 5.92 Å². The van der Waals surface area contributed by atoms with Crippen molar-refractivity contribution in [3.8, 4) is 11.8 Å². The molecule has 57 heavy (non-hydrogen) atoms. The number of alkyl halides is 1. The van der Waals surface area contributed by atoms with Crippen molar-refractivity contribution in [3.63, 3.8) is 0 Å². The molecule has 298 valence electrons. The summed E-state index contributed by atoms with van der Waals surface area (Å²) in [4.78, 5) is 43.4. The van der Waals surface area contributed by atoms with E-state index in [2.05, 4.69) is 36.7 Å². The van der Waals surface area contributed by atoms with Crippen LogP contribution in [0.25, 0.3) is 10.9 Å². The molecule has 1 aliphatic carbocycles. The lowest BCUT2D eigenvalue weighted by Gasteiger charge is -2.41. The van der Waals surface area contributed by atoms with Crippen LogP contribution in [0.5, 0.6) is 5.75 Å². The molecule has 4 aromatic rings. The number of benzene rings is 2. The average Bonchev–Trinajstić information content (AvgIpc) is 3.61. The summed E-state index contributed by atoms with van der Waals surface area (Å²) < 4.78 is 24.7. The Bertz CT molecular complexity index is 2160. The van der Waals surface area contributed by atoms with Gasteiger partial charge in [-0.1, -0.05) is 17.7 Å². The van der Waals surface area contributed by atoms with E-state index in [1.807, 2.05) is 41.1 Å². The van der Waals surface area contributed by atoms with Gasteiger partial charge in [0.15, 0.2) is 11.5 Å². The first-order valence-corrected chi connectivity index (χ1v) is 20.4. The normalized spacial score (nSPS) is 23.6. The molecule has 13 nitrogen and oxygen atoms in total. The van der Waals surface area contributed by atoms with E-state index in [1.54, 1.807) is 29.2 Å². The molecule has 0 radical (unpaired) electrons. The van der Waals surface area contributed by atoms with Gasteiger partial charge in [-0.05, 0) is 106 Å². The molecule has 1 saturated carbocycles. The third kappa shape index (κ3) is 8.84. The fourth-order valence-electron chi connectivity index (χ4n) is 8.90. The number of likely N-dealkylation sites (tertiary alicyclic amines) is 1. The zero-order valence-electron chi connectivity index (χ0n) is 31.8. The van der Waals surface area contributed by atoms with Crippen LogP contribution in [0.2, 0.25) is 5.02 Å². The number of aromatic nitrogens is 3. The first-order valence-electron chi connectivity index (χ1n) is 20.0. The topological polar surface area (TPSA) is 149 Å². The molecule has 2 aromatic carbocycles. The molecule has 1 atom stereocenters. The van der Waals surface area contributed by atoms with Crippen LogP contribution in [-0.4, -0.2) is 94.6 Å². The predicted molar refractivity (Wildman–Crippen MR) is 214 cm³/mol. The Hall–Kier alpha value is -5.26. The van der Waals surface area contributed by atoms with E-state index in [4.69, 9.17) is 21.6 Å². The number of hydrogen-bond donors (Lipinski definition) is 2. The fraction of sp³-hybridized carbons (Fsp3) is 0.476. The highest BCUT2D eigenvalue weighted by molar-refractivity contribution is 6.31. The largest absolute Gasteiger partial charge is 0.490 e. The number of carbonyl (C=O) groups excluding carboxylic acids is 3. The smallest absolute Gasteiger partial charge is 0.328 e. The van der Waals surface area contributed by atoms with Crippen molar-refractivity contribution in [3.05, 3.63) is 77.1 Å². The quantitative estimate of drug-likeness (QED) is 0.190. The number of piperidine rings is 2. The number of hydrogen-bond acceptors (Lipinski definition) is 9. The number of nitrogens with one attached hydrogen (secondary N) is 2. The van der Waals surface area contributed by atoms with Crippen LogP contribution < -0.4 is 25.2 Å². The zero-order valence-corrected chi connectivity index (χ0v) is 32.6. The second kappa shape index (κ2) is 16.7. The van der Waals surface area contributed by atoms with Gasteiger partial charge in [-0.25, -0.2) is 9.18 Å². The summed E-state index contributed by atoms with van der Waals surface area (Å²) in [6.45, 7) is 4.29. The highest BCUT2D eigenvalue weighted by atomic mass is 35.5. The lowest BCUT2D eigenvalue weighted by molar-refractivity contribution is -0.120. The van der Waals surface area contributed by atoms with Gasteiger partial charge in [0.25, 0.3) is 5.91 Å². The number of carbonyl (C=O) groups is 3. The Morgan fingerprint density at radius 2 is 1.84 bits per heavy atom. The SMILES string of the molecule is N#Cc1ccc(OC2CCC(NC(=O)c3ccc(N4CCC(CN5CCCC(F)(Cn6ccc7c(N8CCC(=O)NC8=O)cccc76)C5)CC4)nn3)CC2)cc1Cl. The molecule has 5 heterocycles. The first-order chi connectivity index (χ1) is 27.6. The molecule has 3 saturated heterocycles. The van der Waals surface area contributed by atoms with E-state index < -0.39 is 11.7 Å². The van der Waals surface area contributed by atoms with Crippen LogP contribution in [0.3, 0.4) is 0 Å². The minimum atomic E-state index is -1.38. The number of anilines is 2. The monoisotopic (exact) mass is 795 g/mol. The molecule has 8 rings (SSSR count). The van der Waals surface area contributed by atoms with Crippen molar-refractivity contribution in [2.75, 3.05) is 49.1 Å². The molecule has 15 heteroatoms. The van der Waals surface area contributed by atoms with Crippen molar-refractivity contribution >= 4 is 51.9 Å². The van der Waals surface area contributed by atoms with Crippen LogP contribution in [0.15, 0.2) is 60.8 Å². The Morgan fingerprint density at radius 3 is 2.58 bits per heavy atom. The number of halogens is 2. The van der Waals surface area contributed by atoms with Gasteiger partial charge in [-0.3, -0.25) is 24.7 Å². The maximum Gasteiger partial charge on any atom is 0.328 e. The third-order valence-corrected chi connectivity index (χ3v) is 12.2. The number of rotatable bonds is 10. The highest BCUT2D eigenvalue weighted by Crippen LogP contribution is 2.34. The summed E-state index contributed by atoms with van der Waals surface area (Å²) in [6, 6.07) is 18.0. The van der Waals surface area contributed by atoms with Crippen LogP contribution >= 0.6 is 11.6 Å². The summed E-state index contributed by atoms with van der Waals surface area (Å²) in [5.41, 5.74) is 0.916. The van der Waals surface area contributed by atoms with Crippen molar-refractivity contribution in [1.29, 1.82) is 5.26 Å². The summed E-state index contributed by atoms with van der Waals surface area (Å²) in [7, 11) is 0. The van der Waals surface area contributed by atoms with E-state index in [9.17, 15) is 14.4 Å². The minimum Gasteiger partial charge on any atom is -0.490 e. The van der Waals surface area contributed by atoms with Crippen LogP contribution in [0.4, 0.5) is 20.7 Å². The highest BCUT2D eigenvalue weighted by Gasteiger charge is 2.37. The van der Waals surface area contributed by atoms with Crippen molar-refractivity contribution in [2.45, 2.75) is 82.1 Å². The van der Waals surface area contributed by atoms with Gasteiger partial charge in [-0.15, -0.1) is 10.2 Å². The van der Waals surface area contributed by atoms with Gasteiger partial charge in [0, 0.05) is 62.8 Å². The minimum absolute atomic E-state index is 0.0164. The van der Waals surface area contributed by atoms with Gasteiger partial charge in [0.05, 0.1) is 34.4 Å². The van der Waals surface area contributed by atoms with Gasteiger partial charge in [-0.2, -0.15) is 5.26 Å². The van der Waals surface area contributed by atoms with Gasteiger partial charge < -0.3 is 19.5 Å². The molecule has 0 spiro atoms. The Labute approximate surface area is 336 Å². The van der Waals surface area contributed by atoms with E-state index >= 15 is 4.39 Å². The molecule has 4 amide bonds. The number of amides is 4. The Balaban J connectivity index is 0.784. The van der Waals surface area contributed by atoms with Crippen LogP contribution in [-0.2, 0) is 11.3 Å². The number of nitriles is 1. The van der Waals surface area contributed by atoms with Crippen LogP contribution in [0, 0.1) is 17.2 Å². The van der Waals surface area contributed by atoms with Gasteiger partial charge in [0.1, 0.15) is 17.5 Å². The Morgan fingerprint density at radius 1 is 1.02 bits per heavy atom. The van der Waals surface area contributed by atoms with E-state index in [-0.39, 0.29) is 36.9 Å². The maximum absolute atomic E-state index is 16.6. The molecule has 3 aliphatic heterocycles. The molecular formula is C42H47ClFN9O4. The second-order valence-corrected chi connectivity index (χ2v) is 16.3. The standard InChI is InChI=1S/C42H47ClFN9O4/c43-34-23-32(8-5-29(34)24-45)57-31-9-6-30(7-10-31)46-40(55)35-11-12-38(49-48-35)51-19-13-28(14-20-51)25-50-18-2-17-42(44,26-50)27-52-21-15-33-36(52)3-1-4-37(33)53-22-16-39(54)47-41(53)56/h1,3-5,8,11-12,15,21,23,28,30-31H,2,6-7,9-10,13-14,16-20,22,25-27H2,(H,46,55)(H,47,54,56). The number of fused-ring (bicyclic) bond motifs is 1. The van der Waals surface area contributed by atoms with Crippen molar-refractivity contribution < 1.29 is 23.5 Å². The molecular weight excluding hydrogens is 749 g/mol. The first kappa shape index (κ1) is 38.6. The number of urea groups is 1. The molecule has 1 unspecified atom stereocenters. The Kier molecular flexibility index (Phi) is 11.3. The summed E-state index contributed by atoms with van der Waals surface area (Å²) in [6.07, 6.45) is 8.52. The average molecular weight is 796 g/mol. The van der Waals surface area contributed by atoms with Crippen molar-refractivity contribution in [1.82, 2.24) is 30.3 Å². The third-order valence-electron chi connectivity index (χ3n) is 11.9. The summed E-state index contributed by atoms with van der Waals surface area (Å²) >= 11 is 6.15. The lowest BCUT2D eigenvalue weighted by Crippen LogP contribution is -2.50. The molecule has 2 aromatic heterocycles. The van der Waals surface area contributed by atoms with Gasteiger partial charge in [0.2, 0.25) is 5.91 Å². The lowest BCUT2D eigenvalue weighted by atomic mass is 9.91. The van der Waals surface area contributed by atoms with E-state index in [0.717, 1.165) is 93.5 Å².